The van der Waals surface area contributed by atoms with Crippen LogP contribution in [0.4, 0.5) is 0 Å². The molecule has 9 nitrogen and oxygen atoms in total. The molecular weight excluding hydrogens is 376 g/mol. The van der Waals surface area contributed by atoms with Gasteiger partial charge < -0.3 is 20.1 Å². The molecule has 3 aromatic rings. The quantitative estimate of drug-likeness (QED) is 0.438. The maximum Gasteiger partial charge on any atom is 0.235 e. The van der Waals surface area contributed by atoms with Gasteiger partial charge in [0.2, 0.25) is 5.91 Å². The van der Waals surface area contributed by atoms with Gasteiger partial charge in [-0.15, -0.1) is 0 Å². The van der Waals surface area contributed by atoms with E-state index in [1.54, 1.807) is 16.9 Å². The van der Waals surface area contributed by atoms with E-state index in [2.05, 4.69) is 15.6 Å². The number of carbonyl (C=O) groups is 2. The summed E-state index contributed by atoms with van der Waals surface area (Å²) in [6.45, 7) is 4.09. The predicted octanol–water partition coefficient (Wildman–Crippen LogP) is 1.34. The number of benzene rings is 1. The van der Waals surface area contributed by atoms with Gasteiger partial charge in [-0.05, 0) is 38.0 Å². The minimum atomic E-state index is -0.927. The third-order valence-electron chi connectivity index (χ3n) is 5.17. The summed E-state index contributed by atoms with van der Waals surface area (Å²) in [4.78, 5) is 25.3. The Hall–Kier alpha value is -3.62. The first-order valence-corrected chi connectivity index (χ1v) is 9.12. The number of phenolic OH excluding ortho intramolecular Hbond substituents is 2. The van der Waals surface area contributed by atoms with Crippen LogP contribution in [-0.2, 0) is 22.6 Å². The van der Waals surface area contributed by atoms with Crippen molar-refractivity contribution in [2.75, 3.05) is 0 Å². The maximum atomic E-state index is 12.8. The van der Waals surface area contributed by atoms with E-state index in [0.717, 1.165) is 11.3 Å². The Morgan fingerprint density at radius 1 is 1.21 bits per heavy atom. The molecule has 1 aliphatic rings. The van der Waals surface area contributed by atoms with Gasteiger partial charge in [0.1, 0.15) is 11.7 Å². The molecule has 2 atom stereocenters. The van der Waals surface area contributed by atoms with Crippen molar-refractivity contribution < 1.29 is 24.3 Å². The van der Waals surface area contributed by atoms with Gasteiger partial charge in [-0.3, -0.25) is 14.3 Å². The second kappa shape index (κ2) is 7.08. The smallest absolute Gasteiger partial charge is 0.235 e. The van der Waals surface area contributed by atoms with E-state index in [4.69, 9.17) is 4.52 Å². The fourth-order valence-electron chi connectivity index (χ4n) is 3.56. The molecule has 2 aromatic heterocycles. The topological polar surface area (TPSA) is 130 Å². The highest BCUT2D eigenvalue weighted by molar-refractivity contribution is 6.14. The summed E-state index contributed by atoms with van der Waals surface area (Å²) >= 11 is 0. The molecule has 0 radical (unpaired) electrons. The lowest BCUT2D eigenvalue weighted by molar-refractivity contribution is -0.124. The largest absolute Gasteiger partial charge is 0.504 e. The molecule has 9 heteroatoms. The highest BCUT2D eigenvalue weighted by Gasteiger charge is 2.42. The fraction of sp³-hybridized carbons (Fsp3) is 0.300. The van der Waals surface area contributed by atoms with Crippen LogP contribution in [0, 0.1) is 13.8 Å². The Labute approximate surface area is 165 Å². The SMILES string of the molecule is Cc1noc(C)c1Cn1cc(C2C(=O)NC(Cc3ccc(O)c(O)c3)C2=O)cn1. The van der Waals surface area contributed by atoms with Crippen molar-refractivity contribution in [3.8, 4) is 11.5 Å². The monoisotopic (exact) mass is 396 g/mol. The molecule has 1 aromatic carbocycles. The first-order valence-electron chi connectivity index (χ1n) is 9.12. The van der Waals surface area contributed by atoms with Crippen LogP contribution >= 0.6 is 0 Å². The first kappa shape index (κ1) is 18.7. The number of aromatic hydroxyl groups is 2. The summed E-state index contributed by atoms with van der Waals surface area (Å²) in [5.41, 5.74) is 2.84. The van der Waals surface area contributed by atoms with Crippen LogP contribution in [0.3, 0.4) is 0 Å². The Kier molecular flexibility index (Phi) is 4.57. The summed E-state index contributed by atoms with van der Waals surface area (Å²) in [5.74, 6) is -1.36. The Balaban J connectivity index is 1.50. The lowest BCUT2D eigenvalue weighted by Gasteiger charge is -2.09. The molecule has 3 heterocycles. The van der Waals surface area contributed by atoms with E-state index in [1.165, 1.54) is 18.3 Å². The van der Waals surface area contributed by atoms with E-state index in [1.807, 2.05) is 13.8 Å². The summed E-state index contributed by atoms with van der Waals surface area (Å²) in [6, 6.07) is 3.62. The number of Topliss-reactive ketones (excluding diaryl/α,β-unsaturated/α-hetero) is 1. The number of phenols is 2. The molecule has 2 unspecified atom stereocenters. The molecular formula is C20H20N4O5. The zero-order valence-corrected chi connectivity index (χ0v) is 15.9. The Bertz CT molecular complexity index is 1080. The van der Waals surface area contributed by atoms with E-state index in [0.29, 0.717) is 23.4 Å². The molecule has 0 bridgehead atoms. The van der Waals surface area contributed by atoms with Gasteiger partial charge in [-0.25, -0.2) is 0 Å². The van der Waals surface area contributed by atoms with Crippen molar-refractivity contribution in [1.82, 2.24) is 20.3 Å². The van der Waals surface area contributed by atoms with Crippen LogP contribution in [0.25, 0.3) is 0 Å². The standard InChI is InChI=1S/C20H20N4O5/c1-10-14(11(2)29-23-10)9-24-8-13(7-21-24)18-19(27)15(22-20(18)28)5-12-3-4-16(25)17(26)6-12/h3-4,6-8,15,18,25-26H,5,9H2,1-2H3,(H,22,28). The Morgan fingerprint density at radius 2 is 2.00 bits per heavy atom. The van der Waals surface area contributed by atoms with Gasteiger partial charge in [0.15, 0.2) is 17.3 Å². The zero-order valence-electron chi connectivity index (χ0n) is 15.9. The highest BCUT2D eigenvalue weighted by atomic mass is 16.5. The first-order chi connectivity index (χ1) is 13.8. The number of hydrogen-bond acceptors (Lipinski definition) is 7. The van der Waals surface area contributed by atoms with Crippen LogP contribution in [-0.4, -0.2) is 42.9 Å². The third-order valence-corrected chi connectivity index (χ3v) is 5.17. The van der Waals surface area contributed by atoms with Crippen molar-refractivity contribution in [3.63, 3.8) is 0 Å². The number of amides is 1. The van der Waals surface area contributed by atoms with Gasteiger partial charge >= 0.3 is 0 Å². The van der Waals surface area contributed by atoms with Crippen molar-refractivity contribution in [2.45, 2.75) is 38.8 Å². The molecule has 1 aliphatic heterocycles. The minimum Gasteiger partial charge on any atom is -0.504 e. The number of nitrogens with one attached hydrogen (secondary N) is 1. The highest BCUT2D eigenvalue weighted by Crippen LogP contribution is 2.29. The number of hydrogen-bond donors (Lipinski definition) is 3. The molecule has 29 heavy (non-hydrogen) atoms. The fourth-order valence-corrected chi connectivity index (χ4v) is 3.56. The third kappa shape index (κ3) is 3.46. The van der Waals surface area contributed by atoms with Crippen LogP contribution in [0.15, 0.2) is 35.1 Å². The summed E-state index contributed by atoms with van der Waals surface area (Å²) in [5, 5.41) is 29.9. The summed E-state index contributed by atoms with van der Waals surface area (Å²) in [6.07, 6.45) is 3.43. The van der Waals surface area contributed by atoms with E-state index >= 15 is 0 Å². The van der Waals surface area contributed by atoms with Crippen LogP contribution in [0.5, 0.6) is 11.5 Å². The number of carbonyl (C=O) groups excluding carboxylic acids is 2. The number of nitrogens with zero attached hydrogens (tertiary/aromatic N) is 3. The maximum absolute atomic E-state index is 12.8. The van der Waals surface area contributed by atoms with Gasteiger partial charge in [-0.1, -0.05) is 11.2 Å². The Morgan fingerprint density at radius 3 is 2.69 bits per heavy atom. The van der Waals surface area contributed by atoms with Crippen molar-refractivity contribution in [3.05, 3.63) is 58.7 Å². The normalized spacial score (nSPS) is 19.0. The van der Waals surface area contributed by atoms with Gasteiger partial charge in [-0.2, -0.15) is 5.10 Å². The van der Waals surface area contributed by atoms with Crippen molar-refractivity contribution in [2.24, 2.45) is 0 Å². The molecule has 0 aliphatic carbocycles. The summed E-state index contributed by atoms with van der Waals surface area (Å²) in [7, 11) is 0. The van der Waals surface area contributed by atoms with Crippen molar-refractivity contribution in [1.29, 1.82) is 0 Å². The lowest BCUT2D eigenvalue weighted by Crippen LogP contribution is -2.31. The van der Waals surface area contributed by atoms with Crippen LogP contribution in [0.2, 0.25) is 0 Å². The van der Waals surface area contributed by atoms with Crippen LogP contribution in [0.1, 0.15) is 34.1 Å². The van der Waals surface area contributed by atoms with Gasteiger partial charge in [0.05, 0.1) is 24.5 Å². The molecule has 1 fully saturated rings. The molecule has 0 spiro atoms. The molecule has 3 N–H and O–H groups in total. The zero-order chi connectivity index (χ0) is 20.7. The second-order valence-electron chi connectivity index (χ2n) is 7.20. The number of rotatable bonds is 5. The van der Waals surface area contributed by atoms with E-state index in [-0.39, 0.29) is 29.6 Å². The van der Waals surface area contributed by atoms with Crippen LogP contribution < -0.4 is 5.32 Å². The lowest BCUT2D eigenvalue weighted by atomic mass is 9.94. The number of aromatic nitrogens is 3. The number of aryl methyl sites for hydroxylation is 2. The van der Waals surface area contributed by atoms with Gasteiger partial charge in [0, 0.05) is 17.3 Å². The predicted molar refractivity (Wildman–Crippen MR) is 100 cm³/mol. The number of ketones is 1. The molecule has 4 rings (SSSR count). The van der Waals surface area contributed by atoms with E-state index < -0.39 is 12.0 Å². The molecule has 1 saturated heterocycles. The summed E-state index contributed by atoms with van der Waals surface area (Å²) < 4.78 is 6.80. The second-order valence-corrected chi connectivity index (χ2v) is 7.20. The molecule has 150 valence electrons. The average Bonchev–Trinajstić information content (AvgIpc) is 3.33. The van der Waals surface area contributed by atoms with Gasteiger partial charge in [0.25, 0.3) is 0 Å². The minimum absolute atomic E-state index is 0.224. The van der Waals surface area contributed by atoms with Crippen molar-refractivity contribution >= 4 is 11.7 Å². The van der Waals surface area contributed by atoms with E-state index in [9.17, 15) is 19.8 Å². The molecule has 1 amide bonds. The average molecular weight is 396 g/mol. The molecule has 0 saturated carbocycles.